The van der Waals surface area contributed by atoms with Gasteiger partial charge in [0.15, 0.2) is 5.78 Å². The fourth-order valence-corrected chi connectivity index (χ4v) is 2.33. The average Bonchev–Trinajstić information content (AvgIpc) is 2.67. The second-order valence-corrected chi connectivity index (χ2v) is 4.95. The number of imide groups is 1. The standard InChI is InChI=1S/C15H18N2O3/c1-3-6-12-14(19)17(15(20)16-12)9-13(18)11-8-5-4-7-10(11)2/h4-5,7-8,12H,3,6,9H2,1-2H3,(H,16,20). The van der Waals surface area contributed by atoms with Gasteiger partial charge in [0.05, 0.1) is 6.54 Å². The van der Waals surface area contributed by atoms with E-state index in [0.717, 1.165) is 16.9 Å². The van der Waals surface area contributed by atoms with Crippen molar-refractivity contribution in [2.24, 2.45) is 0 Å². The van der Waals surface area contributed by atoms with Crippen molar-refractivity contribution in [1.82, 2.24) is 10.2 Å². The van der Waals surface area contributed by atoms with E-state index in [0.29, 0.717) is 12.0 Å². The Bertz CT molecular complexity index is 554. The van der Waals surface area contributed by atoms with Crippen molar-refractivity contribution < 1.29 is 14.4 Å². The number of benzene rings is 1. The SMILES string of the molecule is CCCC1NC(=O)N(CC(=O)c2ccccc2C)C1=O. The lowest BCUT2D eigenvalue weighted by Gasteiger charge is -2.13. The number of amides is 3. The maximum Gasteiger partial charge on any atom is 0.325 e. The van der Waals surface area contributed by atoms with Crippen molar-refractivity contribution in [3.05, 3.63) is 35.4 Å². The molecule has 3 amide bonds. The molecule has 1 unspecified atom stereocenters. The number of carbonyl (C=O) groups excluding carboxylic acids is 3. The lowest BCUT2D eigenvalue weighted by Crippen LogP contribution is -2.36. The molecule has 1 aliphatic heterocycles. The zero-order valence-corrected chi connectivity index (χ0v) is 11.7. The number of nitrogens with one attached hydrogen (secondary N) is 1. The molecule has 1 atom stereocenters. The molecule has 1 fully saturated rings. The quantitative estimate of drug-likeness (QED) is 0.658. The predicted octanol–water partition coefficient (Wildman–Crippen LogP) is 1.90. The first kappa shape index (κ1) is 14.2. The Balaban J connectivity index is 2.10. The summed E-state index contributed by atoms with van der Waals surface area (Å²) in [4.78, 5) is 37.0. The van der Waals surface area contributed by atoms with Crippen LogP contribution in [0.4, 0.5) is 4.79 Å². The lowest BCUT2D eigenvalue weighted by atomic mass is 10.0. The molecule has 2 rings (SSSR count). The van der Waals surface area contributed by atoms with Crippen LogP contribution in [0.15, 0.2) is 24.3 Å². The summed E-state index contributed by atoms with van der Waals surface area (Å²) in [6, 6.07) is 6.19. The Morgan fingerprint density at radius 3 is 2.65 bits per heavy atom. The van der Waals surface area contributed by atoms with E-state index in [1.807, 2.05) is 26.0 Å². The molecule has 0 aliphatic carbocycles. The smallest absolute Gasteiger partial charge is 0.325 e. The summed E-state index contributed by atoms with van der Waals surface area (Å²) in [5, 5.41) is 2.61. The highest BCUT2D eigenvalue weighted by molar-refractivity contribution is 6.09. The van der Waals surface area contributed by atoms with Gasteiger partial charge in [0, 0.05) is 5.56 Å². The van der Waals surface area contributed by atoms with Crippen LogP contribution in [-0.4, -0.2) is 35.2 Å². The van der Waals surface area contributed by atoms with Gasteiger partial charge in [-0.2, -0.15) is 0 Å². The molecule has 106 valence electrons. The van der Waals surface area contributed by atoms with Crippen molar-refractivity contribution in [3.8, 4) is 0 Å². The molecule has 20 heavy (non-hydrogen) atoms. The monoisotopic (exact) mass is 274 g/mol. The Hall–Kier alpha value is -2.17. The van der Waals surface area contributed by atoms with Crippen molar-refractivity contribution in [2.45, 2.75) is 32.7 Å². The molecule has 1 aromatic rings. The van der Waals surface area contributed by atoms with Crippen LogP contribution in [0.3, 0.4) is 0 Å². The van der Waals surface area contributed by atoms with E-state index in [4.69, 9.17) is 0 Å². The van der Waals surface area contributed by atoms with E-state index >= 15 is 0 Å². The number of Topliss-reactive ketones (excluding diaryl/α,β-unsaturated/α-hetero) is 1. The van der Waals surface area contributed by atoms with Gasteiger partial charge in [0.1, 0.15) is 6.04 Å². The van der Waals surface area contributed by atoms with Crippen molar-refractivity contribution >= 4 is 17.7 Å². The topological polar surface area (TPSA) is 66.5 Å². The molecule has 5 nitrogen and oxygen atoms in total. The number of nitrogens with zero attached hydrogens (tertiary/aromatic N) is 1. The number of aryl methyl sites for hydroxylation is 1. The molecule has 1 aliphatic rings. The largest absolute Gasteiger partial charge is 0.326 e. The second kappa shape index (κ2) is 5.86. The highest BCUT2D eigenvalue weighted by atomic mass is 16.2. The summed E-state index contributed by atoms with van der Waals surface area (Å²) >= 11 is 0. The highest BCUT2D eigenvalue weighted by Crippen LogP contribution is 2.14. The van der Waals surface area contributed by atoms with E-state index in [2.05, 4.69) is 5.32 Å². The third kappa shape index (κ3) is 2.71. The molecule has 0 bridgehead atoms. The Morgan fingerprint density at radius 1 is 1.30 bits per heavy atom. The van der Waals surface area contributed by atoms with E-state index < -0.39 is 12.1 Å². The molecule has 0 aromatic heterocycles. The van der Waals surface area contributed by atoms with E-state index in [-0.39, 0.29) is 18.2 Å². The Labute approximate surface area is 118 Å². The number of hydrogen-bond donors (Lipinski definition) is 1. The number of ketones is 1. The first-order valence-electron chi connectivity index (χ1n) is 6.75. The Kier molecular flexibility index (Phi) is 4.17. The minimum absolute atomic E-state index is 0.199. The fourth-order valence-electron chi connectivity index (χ4n) is 2.33. The number of urea groups is 1. The van der Waals surface area contributed by atoms with Gasteiger partial charge in [-0.25, -0.2) is 4.79 Å². The molecular formula is C15H18N2O3. The first-order chi connectivity index (χ1) is 9.54. The third-order valence-electron chi connectivity index (χ3n) is 3.43. The maximum absolute atomic E-state index is 12.2. The summed E-state index contributed by atoms with van der Waals surface area (Å²) in [7, 11) is 0. The first-order valence-corrected chi connectivity index (χ1v) is 6.75. The third-order valence-corrected chi connectivity index (χ3v) is 3.43. The van der Waals surface area contributed by atoms with Crippen LogP contribution in [0.25, 0.3) is 0 Å². The van der Waals surface area contributed by atoms with Crippen LogP contribution < -0.4 is 5.32 Å². The zero-order chi connectivity index (χ0) is 14.7. The van der Waals surface area contributed by atoms with Crippen LogP contribution in [-0.2, 0) is 4.79 Å². The minimum Gasteiger partial charge on any atom is -0.326 e. The van der Waals surface area contributed by atoms with Gasteiger partial charge >= 0.3 is 6.03 Å². The van der Waals surface area contributed by atoms with Gasteiger partial charge in [-0.05, 0) is 18.9 Å². The molecule has 5 heteroatoms. The lowest BCUT2D eigenvalue weighted by molar-refractivity contribution is -0.127. The molecule has 1 N–H and O–H groups in total. The van der Waals surface area contributed by atoms with Gasteiger partial charge in [0.2, 0.25) is 0 Å². The molecule has 0 saturated carbocycles. The number of rotatable bonds is 5. The van der Waals surface area contributed by atoms with Crippen LogP contribution in [0.1, 0.15) is 35.7 Å². The number of hydrogen-bond acceptors (Lipinski definition) is 3. The summed E-state index contributed by atoms with van der Waals surface area (Å²) in [6.45, 7) is 3.58. The van der Waals surface area contributed by atoms with E-state index in [9.17, 15) is 14.4 Å². The molecule has 0 spiro atoms. The van der Waals surface area contributed by atoms with Crippen molar-refractivity contribution in [1.29, 1.82) is 0 Å². The summed E-state index contributed by atoms with van der Waals surface area (Å²) in [6.07, 6.45) is 1.40. The van der Waals surface area contributed by atoms with Gasteiger partial charge in [0.25, 0.3) is 5.91 Å². The molecule has 0 radical (unpaired) electrons. The van der Waals surface area contributed by atoms with Crippen molar-refractivity contribution in [2.75, 3.05) is 6.54 Å². The van der Waals surface area contributed by atoms with Crippen LogP contribution >= 0.6 is 0 Å². The molecule has 1 aromatic carbocycles. The van der Waals surface area contributed by atoms with Crippen LogP contribution in [0.5, 0.6) is 0 Å². The molecule has 1 heterocycles. The minimum atomic E-state index is -0.489. The zero-order valence-electron chi connectivity index (χ0n) is 11.7. The maximum atomic E-state index is 12.2. The summed E-state index contributed by atoms with van der Waals surface area (Å²) < 4.78 is 0. The molecule has 1 saturated heterocycles. The Morgan fingerprint density at radius 2 is 2.00 bits per heavy atom. The van der Waals surface area contributed by atoms with E-state index in [1.165, 1.54) is 0 Å². The predicted molar refractivity (Wildman–Crippen MR) is 74.5 cm³/mol. The van der Waals surface area contributed by atoms with Gasteiger partial charge in [-0.1, -0.05) is 37.6 Å². The summed E-state index contributed by atoms with van der Waals surface area (Å²) in [5.41, 5.74) is 1.39. The van der Waals surface area contributed by atoms with Crippen molar-refractivity contribution in [3.63, 3.8) is 0 Å². The normalized spacial score (nSPS) is 18.3. The summed E-state index contributed by atoms with van der Waals surface area (Å²) in [5.74, 6) is -0.525. The average molecular weight is 274 g/mol. The highest BCUT2D eigenvalue weighted by Gasteiger charge is 2.38. The van der Waals surface area contributed by atoms with Gasteiger partial charge in [-0.3, -0.25) is 14.5 Å². The van der Waals surface area contributed by atoms with Crippen LogP contribution in [0.2, 0.25) is 0 Å². The second-order valence-electron chi connectivity index (χ2n) is 4.95. The fraction of sp³-hybridized carbons (Fsp3) is 0.400. The van der Waals surface area contributed by atoms with Gasteiger partial charge in [-0.15, -0.1) is 0 Å². The van der Waals surface area contributed by atoms with E-state index in [1.54, 1.807) is 12.1 Å². The molecular weight excluding hydrogens is 256 g/mol. The van der Waals surface area contributed by atoms with Gasteiger partial charge < -0.3 is 5.32 Å². The van der Waals surface area contributed by atoms with Crippen LogP contribution in [0, 0.1) is 6.92 Å². The number of carbonyl (C=O) groups is 3.